The lowest BCUT2D eigenvalue weighted by molar-refractivity contribution is 0.661. The van der Waals surface area contributed by atoms with Gasteiger partial charge in [0.25, 0.3) is 0 Å². The van der Waals surface area contributed by atoms with Gasteiger partial charge >= 0.3 is 0 Å². The summed E-state index contributed by atoms with van der Waals surface area (Å²) in [5.74, 6) is 0. The molecule has 0 nitrogen and oxygen atoms in total. The SMILES string of the molecule is CC1(C)c2cccc(-c3ccc(-c4c5ccccc5c(-c5cc6c(c7ccccc57)-c5ccccc5C6(C)C)c5ccccc45)cc3)c2-c2c1ccc1ccccc21. The van der Waals surface area contributed by atoms with Gasteiger partial charge in [0.2, 0.25) is 0 Å². The molecule has 0 saturated carbocycles. The topological polar surface area (TPSA) is 0 Å². The fourth-order valence-electron chi connectivity index (χ4n) is 11.1. The lowest BCUT2D eigenvalue weighted by atomic mass is 9.79. The van der Waals surface area contributed by atoms with Gasteiger partial charge in [-0.3, -0.25) is 0 Å². The number of hydrogen-bond acceptors (Lipinski definition) is 0. The van der Waals surface area contributed by atoms with Crippen LogP contribution in [0.4, 0.5) is 0 Å². The van der Waals surface area contributed by atoms with Crippen LogP contribution in [0.1, 0.15) is 49.9 Å². The average molecular weight is 739 g/mol. The second-order valence-corrected chi connectivity index (χ2v) is 17.5. The molecule has 0 atom stereocenters. The molecule has 0 N–H and O–H groups in total. The van der Waals surface area contributed by atoms with Crippen molar-refractivity contribution in [2.24, 2.45) is 0 Å². The zero-order valence-electron chi connectivity index (χ0n) is 33.3. The van der Waals surface area contributed by atoms with Gasteiger partial charge in [0.15, 0.2) is 0 Å². The number of hydrogen-bond donors (Lipinski definition) is 0. The molecule has 2 aliphatic rings. The number of rotatable bonds is 3. The highest BCUT2D eigenvalue weighted by Crippen LogP contribution is 2.56. The third-order valence-electron chi connectivity index (χ3n) is 13.9. The minimum atomic E-state index is -0.109. The van der Waals surface area contributed by atoms with Crippen LogP contribution in [-0.2, 0) is 10.8 Å². The van der Waals surface area contributed by atoms with E-state index in [1.165, 1.54) is 121 Å². The smallest absolute Gasteiger partial charge is 0.0159 e. The summed E-state index contributed by atoms with van der Waals surface area (Å²) in [4.78, 5) is 0. The van der Waals surface area contributed by atoms with Crippen LogP contribution in [0.3, 0.4) is 0 Å². The van der Waals surface area contributed by atoms with Crippen LogP contribution in [0.2, 0.25) is 0 Å². The van der Waals surface area contributed by atoms with E-state index in [4.69, 9.17) is 0 Å². The van der Waals surface area contributed by atoms with E-state index in [1.54, 1.807) is 0 Å². The van der Waals surface area contributed by atoms with Gasteiger partial charge in [0.05, 0.1) is 0 Å². The summed E-state index contributed by atoms with van der Waals surface area (Å²) in [7, 11) is 0. The fourth-order valence-corrected chi connectivity index (χ4v) is 11.1. The van der Waals surface area contributed by atoms with Crippen molar-refractivity contribution in [1.82, 2.24) is 0 Å². The maximum absolute atomic E-state index is 2.53. The van der Waals surface area contributed by atoms with Crippen LogP contribution in [0.5, 0.6) is 0 Å². The molecular formula is C58H42. The van der Waals surface area contributed by atoms with E-state index in [2.05, 4.69) is 210 Å². The monoisotopic (exact) mass is 738 g/mol. The van der Waals surface area contributed by atoms with Gasteiger partial charge in [-0.15, -0.1) is 0 Å². The summed E-state index contributed by atoms with van der Waals surface area (Å²) in [6.07, 6.45) is 0. The molecule has 10 aromatic carbocycles. The normalized spacial score (nSPS) is 14.5. The van der Waals surface area contributed by atoms with Crippen molar-refractivity contribution in [3.8, 4) is 55.6 Å². The van der Waals surface area contributed by atoms with Crippen molar-refractivity contribution in [2.75, 3.05) is 0 Å². The molecule has 0 radical (unpaired) electrons. The first-order valence-corrected chi connectivity index (χ1v) is 20.7. The van der Waals surface area contributed by atoms with E-state index in [-0.39, 0.29) is 10.8 Å². The molecule has 274 valence electrons. The summed E-state index contributed by atoms with van der Waals surface area (Å²) in [5, 5.41) is 10.4. The first-order chi connectivity index (χ1) is 28.3. The minimum Gasteiger partial charge on any atom is -0.0619 e. The van der Waals surface area contributed by atoms with Gasteiger partial charge in [-0.05, 0) is 127 Å². The Balaban J connectivity index is 1.07. The first kappa shape index (κ1) is 33.4. The Morgan fingerprint density at radius 2 is 0.741 bits per heavy atom. The van der Waals surface area contributed by atoms with Crippen LogP contribution in [0.15, 0.2) is 182 Å². The highest BCUT2D eigenvalue weighted by molar-refractivity contribution is 6.24. The van der Waals surface area contributed by atoms with Crippen molar-refractivity contribution in [2.45, 2.75) is 38.5 Å². The molecule has 0 heteroatoms. The molecule has 0 saturated heterocycles. The van der Waals surface area contributed by atoms with E-state index >= 15 is 0 Å². The van der Waals surface area contributed by atoms with E-state index in [0.717, 1.165) is 0 Å². The van der Waals surface area contributed by atoms with Gasteiger partial charge in [0, 0.05) is 10.8 Å². The third-order valence-corrected chi connectivity index (χ3v) is 13.9. The molecule has 0 heterocycles. The number of fused-ring (bicyclic) bond motifs is 12. The van der Waals surface area contributed by atoms with Gasteiger partial charge < -0.3 is 0 Å². The molecular weight excluding hydrogens is 697 g/mol. The summed E-state index contributed by atoms with van der Waals surface area (Å²) >= 11 is 0. The Morgan fingerprint density at radius 1 is 0.259 bits per heavy atom. The lowest BCUT2D eigenvalue weighted by Crippen LogP contribution is -2.15. The van der Waals surface area contributed by atoms with E-state index < -0.39 is 0 Å². The van der Waals surface area contributed by atoms with Crippen molar-refractivity contribution in [1.29, 1.82) is 0 Å². The molecule has 0 amide bonds. The fraction of sp³-hybridized carbons (Fsp3) is 0.103. The van der Waals surface area contributed by atoms with Crippen LogP contribution in [0.25, 0.3) is 98.7 Å². The highest BCUT2D eigenvalue weighted by Gasteiger charge is 2.39. The molecule has 0 fully saturated rings. The van der Waals surface area contributed by atoms with Crippen molar-refractivity contribution in [3.63, 3.8) is 0 Å². The van der Waals surface area contributed by atoms with Crippen molar-refractivity contribution >= 4 is 43.1 Å². The Labute approximate surface area is 340 Å². The summed E-state index contributed by atoms with van der Waals surface area (Å²) in [5.41, 5.74) is 18.6. The third kappa shape index (κ3) is 4.41. The molecule has 0 spiro atoms. The predicted octanol–water partition coefficient (Wildman–Crippen LogP) is 15.9. The zero-order chi connectivity index (χ0) is 38.9. The Bertz CT molecular complexity index is 3320. The Morgan fingerprint density at radius 3 is 1.43 bits per heavy atom. The van der Waals surface area contributed by atoms with E-state index in [1.807, 2.05) is 0 Å². The van der Waals surface area contributed by atoms with Crippen LogP contribution in [-0.4, -0.2) is 0 Å². The maximum Gasteiger partial charge on any atom is 0.0159 e. The summed E-state index contributed by atoms with van der Waals surface area (Å²) in [6, 6.07) is 68.6. The Hall–Kier alpha value is -6.76. The van der Waals surface area contributed by atoms with Crippen LogP contribution >= 0.6 is 0 Å². The molecule has 0 aliphatic heterocycles. The second-order valence-electron chi connectivity index (χ2n) is 17.5. The largest absolute Gasteiger partial charge is 0.0619 e. The van der Waals surface area contributed by atoms with Gasteiger partial charge in [-0.2, -0.15) is 0 Å². The van der Waals surface area contributed by atoms with Crippen LogP contribution in [0, 0.1) is 0 Å². The van der Waals surface area contributed by atoms with Crippen molar-refractivity contribution in [3.05, 3.63) is 204 Å². The highest BCUT2D eigenvalue weighted by atomic mass is 14.4. The quantitative estimate of drug-likeness (QED) is 0.158. The summed E-state index contributed by atoms with van der Waals surface area (Å²) in [6.45, 7) is 9.55. The van der Waals surface area contributed by atoms with Crippen molar-refractivity contribution < 1.29 is 0 Å². The average Bonchev–Trinajstić information content (AvgIpc) is 3.65. The second kappa shape index (κ2) is 11.9. The number of benzene rings is 10. The molecule has 0 bridgehead atoms. The minimum absolute atomic E-state index is 0.0753. The Kier molecular flexibility index (Phi) is 6.84. The first-order valence-electron chi connectivity index (χ1n) is 20.7. The summed E-state index contributed by atoms with van der Waals surface area (Å²) < 4.78 is 0. The molecule has 0 aromatic heterocycles. The van der Waals surface area contributed by atoms with Gasteiger partial charge in [-0.25, -0.2) is 0 Å². The van der Waals surface area contributed by atoms with E-state index in [0.29, 0.717) is 0 Å². The molecule has 0 unspecified atom stereocenters. The molecule has 10 aromatic rings. The standard InChI is InChI=1S/C58H42/c1-57(2)48-26-14-13-24-46(48)54-41-19-8-7-18-40(41)47(34-51(54)57)53-44-22-11-9-20-42(44)52(43-21-10-12-23-45(43)53)37-30-28-36(29-31-37)39-25-15-27-49-55(39)56-38-17-6-5-16-35(38)32-33-50(56)58(49,3)4/h5-34H,1-4H3. The van der Waals surface area contributed by atoms with Crippen LogP contribution < -0.4 is 0 Å². The van der Waals surface area contributed by atoms with Gasteiger partial charge in [0.1, 0.15) is 0 Å². The zero-order valence-corrected chi connectivity index (χ0v) is 33.3. The lowest BCUT2D eigenvalue weighted by Gasteiger charge is -2.24. The predicted molar refractivity (Wildman–Crippen MR) is 248 cm³/mol. The van der Waals surface area contributed by atoms with E-state index in [9.17, 15) is 0 Å². The maximum atomic E-state index is 2.53. The molecule has 58 heavy (non-hydrogen) atoms. The molecule has 2 aliphatic carbocycles. The van der Waals surface area contributed by atoms with Gasteiger partial charge in [-0.1, -0.05) is 204 Å². The molecule has 12 rings (SSSR count).